The summed E-state index contributed by atoms with van der Waals surface area (Å²) >= 11 is 0. The fourth-order valence-corrected chi connectivity index (χ4v) is 3.92. The second-order valence-electron chi connectivity index (χ2n) is 8.30. The maximum Gasteiger partial charge on any atom is 0.187 e. The Morgan fingerprint density at radius 1 is 0.562 bits per heavy atom. The lowest BCUT2D eigenvalue weighted by atomic mass is 9.96. The molecule has 32 heavy (non-hydrogen) atoms. The molecule has 14 heteroatoms. The van der Waals surface area contributed by atoms with E-state index in [9.17, 15) is 46.0 Å². The molecule has 14 nitrogen and oxygen atoms in total. The van der Waals surface area contributed by atoms with E-state index in [1.54, 1.807) is 0 Å². The molecule has 0 bridgehead atoms. The Hall–Kier alpha value is -0.560. The average Bonchev–Trinajstić information content (AvgIpc) is 2.76. The molecular formula is C18H32O14. The van der Waals surface area contributed by atoms with E-state index in [1.165, 1.54) is 13.8 Å². The zero-order valence-electron chi connectivity index (χ0n) is 17.4. The Kier molecular flexibility index (Phi) is 8.44. The highest BCUT2D eigenvalue weighted by Gasteiger charge is 2.52. The van der Waals surface area contributed by atoms with Gasteiger partial charge in [0.05, 0.1) is 18.8 Å². The maximum atomic E-state index is 10.6. The highest BCUT2D eigenvalue weighted by Crippen LogP contribution is 2.32. The van der Waals surface area contributed by atoms with Crippen molar-refractivity contribution in [2.24, 2.45) is 0 Å². The van der Waals surface area contributed by atoms with E-state index in [2.05, 4.69) is 0 Å². The van der Waals surface area contributed by atoms with E-state index in [0.717, 1.165) is 0 Å². The lowest BCUT2D eigenvalue weighted by molar-refractivity contribution is -0.384. The fourth-order valence-electron chi connectivity index (χ4n) is 3.92. The fraction of sp³-hybridized carbons (Fsp3) is 1.00. The predicted octanol–water partition coefficient (Wildman–Crippen LogP) is -5.52. The topological polar surface area (TPSA) is 228 Å². The summed E-state index contributed by atoms with van der Waals surface area (Å²) in [7, 11) is 0. The molecule has 0 unspecified atom stereocenters. The van der Waals surface area contributed by atoms with Gasteiger partial charge in [0.15, 0.2) is 18.9 Å². The highest BCUT2D eigenvalue weighted by molar-refractivity contribution is 4.95. The van der Waals surface area contributed by atoms with Crippen molar-refractivity contribution in [3.63, 3.8) is 0 Å². The second kappa shape index (κ2) is 10.4. The minimum atomic E-state index is -1.80. The zero-order valence-corrected chi connectivity index (χ0v) is 17.4. The molecule has 9 N–H and O–H groups in total. The third-order valence-electron chi connectivity index (χ3n) is 6.02. The van der Waals surface area contributed by atoms with Crippen LogP contribution in [0.3, 0.4) is 0 Å². The molecule has 0 aromatic heterocycles. The van der Waals surface area contributed by atoms with Crippen molar-refractivity contribution in [3.8, 4) is 0 Å². The molecular weight excluding hydrogens is 440 g/mol. The van der Waals surface area contributed by atoms with Gasteiger partial charge >= 0.3 is 0 Å². The van der Waals surface area contributed by atoms with E-state index in [4.69, 9.17) is 23.7 Å². The van der Waals surface area contributed by atoms with Crippen LogP contribution in [0, 0.1) is 0 Å². The molecule has 3 saturated heterocycles. The Bertz CT molecular complexity index is 608. The van der Waals surface area contributed by atoms with Crippen molar-refractivity contribution >= 4 is 0 Å². The number of ether oxygens (including phenoxy) is 5. The van der Waals surface area contributed by atoms with E-state index in [-0.39, 0.29) is 0 Å². The Morgan fingerprint density at radius 3 is 1.66 bits per heavy atom. The van der Waals surface area contributed by atoms with Crippen molar-refractivity contribution in [2.75, 3.05) is 6.61 Å². The van der Waals surface area contributed by atoms with Gasteiger partial charge < -0.3 is 69.6 Å². The van der Waals surface area contributed by atoms with Crippen molar-refractivity contribution < 1.29 is 69.6 Å². The summed E-state index contributed by atoms with van der Waals surface area (Å²) in [6.45, 7) is 2.14. The third-order valence-corrected chi connectivity index (χ3v) is 6.02. The van der Waals surface area contributed by atoms with Gasteiger partial charge in [0.2, 0.25) is 0 Å². The predicted molar refractivity (Wildman–Crippen MR) is 98.4 cm³/mol. The molecule has 0 radical (unpaired) electrons. The summed E-state index contributed by atoms with van der Waals surface area (Å²) in [6, 6.07) is 0. The van der Waals surface area contributed by atoms with Crippen LogP contribution in [-0.4, -0.2) is 145 Å². The summed E-state index contributed by atoms with van der Waals surface area (Å²) < 4.78 is 27.0. The smallest absolute Gasteiger partial charge is 0.187 e. The van der Waals surface area contributed by atoms with Gasteiger partial charge in [-0.05, 0) is 13.8 Å². The Labute approximate surface area is 183 Å². The molecule has 3 fully saturated rings. The van der Waals surface area contributed by atoms with Crippen molar-refractivity contribution in [1.29, 1.82) is 0 Å². The van der Waals surface area contributed by atoms with Gasteiger partial charge in [-0.3, -0.25) is 0 Å². The molecule has 0 amide bonds. The quantitative estimate of drug-likeness (QED) is 0.182. The van der Waals surface area contributed by atoms with Gasteiger partial charge in [-0.25, -0.2) is 0 Å². The summed E-state index contributed by atoms with van der Waals surface area (Å²) in [5.41, 5.74) is 0. The van der Waals surface area contributed by atoms with Crippen LogP contribution in [0.1, 0.15) is 13.8 Å². The maximum absolute atomic E-state index is 10.6. The van der Waals surface area contributed by atoms with E-state index in [1.807, 2.05) is 0 Å². The van der Waals surface area contributed by atoms with Crippen LogP contribution in [0.4, 0.5) is 0 Å². The van der Waals surface area contributed by atoms with Crippen LogP contribution in [0.25, 0.3) is 0 Å². The SMILES string of the molecule is C[C@@H]1O[C@@H](O)[C@H](O[C@@H]2O[C@H](CO)[C@@H](O)[C@H](O)[C@H]2O)[C@H](O[C@@H]2O[C@H](C)[C@H](O)[C@H](O)[C@H]2O)[C@H]1O. The van der Waals surface area contributed by atoms with Gasteiger partial charge in [-0.1, -0.05) is 0 Å². The molecule has 188 valence electrons. The van der Waals surface area contributed by atoms with Crippen molar-refractivity contribution in [1.82, 2.24) is 0 Å². The minimum Gasteiger partial charge on any atom is -0.394 e. The average molecular weight is 472 g/mol. The number of aliphatic hydroxyl groups is 9. The molecule has 0 aliphatic carbocycles. The van der Waals surface area contributed by atoms with E-state index < -0.39 is 98.7 Å². The third kappa shape index (κ3) is 4.94. The standard InChI is InChI=1S/C18H32O14/c1-4-7(20)10(23)12(25)17(29-4)31-14-8(21)5(2)28-16(27)15(14)32-18-13(26)11(24)9(22)6(3-19)30-18/h4-27H,3H2,1-2H3/t4-,5+,6-,7+,8+,9-,10+,11+,12-,13-,14-,15-,16-,17+,18+/m1/s1. The minimum absolute atomic E-state index is 0.714. The van der Waals surface area contributed by atoms with Crippen LogP contribution < -0.4 is 0 Å². The first-order chi connectivity index (χ1) is 15.0. The van der Waals surface area contributed by atoms with Crippen LogP contribution in [0.15, 0.2) is 0 Å². The van der Waals surface area contributed by atoms with Gasteiger partial charge in [0.1, 0.15) is 61.0 Å². The van der Waals surface area contributed by atoms with Gasteiger partial charge in [0.25, 0.3) is 0 Å². The van der Waals surface area contributed by atoms with Crippen LogP contribution in [0.5, 0.6) is 0 Å². The van der Waals surface area contributed by atoms with Gasteiger partial charge in [0, 0.05) is 0 Å². The summed E-state index contributed by atoms with van der Waals surface area (Å²) in [6.07, 6.45) is -22.6. The number of hydrogen-bond donors (Lipinski definition) is 9. The van der Waals surface area contributed by atoms with Gasteiger partial charge in [-0.15, -0.1) is 0 Å². The molecule has 3 heterocycles. The highest BCUT2D eigenvalue weighted by atomic mass is 16.8. The molecule has 0 aromatic carbocycles. The number of hydrogen-bond acceptors (Lipinski definition) is 14. The van der Waals surface area contributed by atoms with E-state index in [0.29, 0.717) is 0 Å². The lowest BCUT2D eigenvalue weighted by Gasteiger charge is -2.47. The molecule has 0 aromatic rings. The first-order valence-corrected chi connectivity index (χ1v) is 10.3. The molecule has 15 atom stereocenters. The lowest BCUT2D eigenvalue weighted by Crippen LogP contribution is -2.66. The molecule has 0 saturated carbocycles. The second-order valence-corrected chi connectivity index (χ2v) is 8.30. The molecule has 3 aliphatic rings. The summed E-state index contributed by atoms with van der Waals surface area (Å²) in [5, 5.41) is 90.4. The normalized spacial score (nSPS) is 55.0. The first kappa shape index (κ1) is 26.1. The summed E-state index contributed by atoms with van der Waals surface area (Å²) in [5.74, 6) is 0. The first-order valence-electron chi connectivity index (χ1n) is 10.3. The van der Waals surface area contributed by atoms with Crippen molar-refractivity contribution in [3.05, 3.63) is 0 Å². The van der Waals surface area contributed by atoms with Crippen molar-refractivity contribution in [2.45, 2.75) is 106 Å². The van der Waals surface area contributed by atoms with E-state index >= 15 is 0 Å². The Morgan fingerprint density at radius 2 is 1.06 bits per heavy atom. The molecule has 3 aliphatic heterocycles. The number of aliphatic hydroxyl groups excluding tert-OH is 9. The monoisotopic (exact) mass is 472 g/mol. The largest absolute Gasteiger partial charge is 0.394 e. The molecule has 0 spiro atoms. The van der Waals surface area contributed by atoms with Crippen LogP contribution in [0.2, 0.25) is 0 Å². The summed E-state index contributed by atoms with van der Waals surface area (Å²) in [4.78, 5) is 0. The Balaban J connectivity index is 1.79. The van der Waals surface area contributed by atoms with Gasteiger partial charge in [-0.2, -0.15) is 0 Å². The zero-order chi connectivity index (χ0) is 23.9. The molecule has 3 rings (SSSR count). The number of rotatable bonds is 5. The van der Waals surface area contributed by atoms with Crippen LogP contribution >= 0.6 is 0 Å². The van der Waals surface area contributed by atoms with Crippen LogP contribution in [-0.2, 0) is 23.7 Å².